The van der Waals surface area contributed by atoms with Crippen LogP contribution in [0.5, 0.6) is 0 Å². The summed E-state index contributed by atoms with van der Waals surface area (Å²) in [6, 6.07) is 13.3. The molecule has 0 aliphatic carbocycles. The molecule has 4 nitrogen and oxygen atoms in total. The van der Waals surface area contributed by atoms with Crippen LogP contribution in [0.4, 0.5) is 0 Å². The highest BCUT2D eigenvalue weighted by atomic mass is 127. The molecule has 0 bridgehead atoms. The molecule has 1 aromatic carbocycles. The zero-order valence-corrected chi connectivity index (χ0v) is 14.0. The molecule has 0 saturated heterocycles. The van der Waals surface area contributed by atoms with E-state index in [1.807, 2.05) is 42.5 Å². The van der Waals surface area contributed by atoms with Gasteiger partial charge >= 0.3 is 0 Å². The van der Waals surface area contributed by atoms with Gasteiger partial charge in [-0.25, -0.2) is 0 Å². The molecular weight excluding hydrogens is 379 g/mol. The summed E-state index contributed by atoms with van der Waals surface area (Å²) < 4.78 is 6.15. The molecule has 0 radical (unpaired) electrons. The molecule has 5 heteroatoms. The van der Waals surface area contributed by atoms with E-state index in [-0.39, 0.29) is 5.91 Å². The Morgan fingerprint density at radius 1 is 1.29 bits per heavy atom. The molecule has 0 aliphatic heterocycles. The van der Waals surface area contributed by atoms with Crippen molar-refractivity contribution in [1.29, 1.82) is 0 Å². The van der Waals surface area contributed by atoms with E-state index in [9.17, 15) is 4.79 Å². The lowest BCUT2D eigenvalue weighted by Crippen LogP contribution is -2.33. The second-order valence-electron chi connectivity index (χ2n) is 4.55. The van der Waals surface area contributed by atoms with Gasteiger partial charge in [0.25, 0.3) is 5.91 Å². The molecule has 0 atom stereocenters. The van der Waals surface area contributed by atoms with Crippen LogP contribution in [0.25, 0.3) is 0 Å². The summed E-state index contributed by atoms with van der Waals surface area (Å²) in [6.07, 6.45) is 1.74. The third-order valence-electron chi connectivity index (χ3n) is 3.00. The van der Waals surface area contributed by atoms with Crippen molar-refractivity contribution < 1.29 is 9.53 Å². The van der Waals surface area contributed by atoms with Crippen molar-refractivity contribution in [3.63, 3.8) is 0 Å². The Kier molecular flexibility index (Phi) is 6.13. The number of carbonyl (C=O) groups is 1. The van der Waals surface area contributed by atoms with Gasteiger partial charge in [-0.3, -0.25) is 9.78 Å². The van der Waals surface area contributed by atoms with E-state index in [4.69, 9.17) is 4.74 Å². The van der Waals surface area contributed by atoms with Crippen LogP contribution >= 0.6 is 22.6 Å². The Hall–Kier alpha value is -1.47. The first kappa shape index (κ1) is 15.9. The summed E-state index contributed by atoms with van der Waals surface area (Å²) >= 11 is 2.21. The Balaban J connectivity index is 2.17. The third-order valence-corrected chi connectivity index (χ3v) is 3.67. The van der Waals surface area contributed by atoms with Gasteiger partial charge in [0, 0.05) is 29.0 Å². The van der Waals surface area contributed by atoms with Crippen LogP contribution in [0.2, 0.25) is 0 Å². The van der Waals surface area contributed by atoms with Crippen molar-refractivity contribution in [2.24, 2.45) is 0 Å². The van der Waals surface area contributed by atoms with Crippen LogP contribution in [0.1, 0.15) is 16.1 Å². The maximum atomic E-state index is 12.6. The summed E-state index contributed by atoms with van der Waals surface area (Å²) in [6.45, 7) is 1.52. The average molecular weight is 396 g/mol. The molecule has 1 heterocycles. The van der Waals surface area contributed by atoms with Gasteiger partial charge in [-0.15, -0.1) is 0 Å². The summed E-state index contributed by atoms with van der Waals surface area (Å²) in [5, 5.41) is 0. The zero-order valence-electron chi connectivity index (χ0n) is 11.8. The molecule has 1 amide bonds. The first-order valence-corrected chi connectivity index (χ1v) is 7.72. The molecule has 0 aliphatic rings. The van der Waals surface area contributed by atoms with Crippen LogP contribution < -0.4 is 0 Å². The fourth-order valence-corrected chi connectivity index (χ4v) is 2.49. The lowest BCUT2D eigenvalue weighted by Gasteiger charge is -2.22. The SMILES string of the molecule is COCCN(Cc1ccccn1)C(=O)c1cccc(I)c1. The van der Waals surface area contributed by atoms with E-state index < -0.39 is 0 Å². The van der Waals surface area contributed by atoms with Crippen LogP contribution in [0.3, 0.4) is 0 Å². The number of benzene rings is 1. The molecule has 0 fully saturated rings. The van der Waals surface area contributed by atoms with Crippen LogP contribution in [-0.4, -0.2) is 36.1 Å². The Labute approximate surface area is 138 Å². The fourth-order valence-electron chi connectivity index (χ4n) is 1.95. The number of ether oxygens (including phenoxy) is 1. The molecular formula is C16H17IN2O2. The van der Waals surface area contributed by atoms with Gasteiger partial charge in [0.2, 0.25) is 0 Å². The number of halogens is 1. The second kappa shape index (κ2) is 8.09. The summed E-state index contributed by atoms with van der Waals surface area (Å²) in [5.74, 6) is -0.00350. The van der Waals surface area contributed by atoms with E-state index in [0.29, 0.717) is 25.3 Å². The largest absolute Gasteiger partial charge is 0.383 e. The Morgan fingerprint density at radius 2 is 2.14 bits per heavy atom. The number of pyridine rings is 1. The number of rotatable bonds is 6. The molecule has 0 spiro atoms. The average Bonchev–Trinajstić information content (AvgIpc) is 2.51. The second-order valence-corrected chi connectivity index (χ2v) is 5.80. The fraction of sp³-hybridized carbons (Fsp3) is 0.250. The van der Waals surface area contributed by atoms with Crippen molar-refractivity contribution in [2.75, 3.05) is 20.3 Å². The van der Waals surface area contributed by atoms with E-state index in [0.717, 1.165) is 9.26 Å². The number of aromatic nitrogens is 1. The summed E-state index contributed by atoms with van der Waals surface area (Å²) in [7, 11) is 1.63. The quantitative estimate of drug-likeness (QED) is 0.706. The van der Waals surface area contributed by atoms with Gasteiger partial charge < -0.3 is 9.64 Å². The molecule has 2 aromatic rings. The molecule has 0 saturated carbocycles. The number of nitrogens with zero attached hydrogens (tertiary/aromatic N) is 2. The lowest BCUT2D eigenvalue weighted by atomic mass is 10.2. The predicted octanol–water partition coefficient (Wildman–Crippen LogP) is 2.98. The van der Waals surface area contributed by atoms with E-state index >= 15 is 0 Å². The molecule has 1 aromatic heterocycles. The predicted molar refractivity (Wildman–Crippen MR) is 90.0 cm³/mol. The van der Waals surface area contributed by atoms with Crippen LogP contribution in [-0.2, 0) is 11.3 Å². The van der Waals surface area contributed by atoms with E-state index in [1.54, 1.807) is 18.2 Å². The number of methoxy groups -OCH3 is 1. The maximum absolute atomic E-state index is 12.6. The highest BCUT2D eigenvalue weighted by Gasteiger charge is 2.16. The molecule has 110 valence electrons. The topological polar surface area (TPSA) is 42.4 Å². The standard InChI is InChI=1S/C16H17IN2O2/c1-21-10-9-19(12-15-7-2-3-8-18-15)16(20)13-5-4-6-14(17)11-13/h2-8,11H,9-10,12H2,1H3. The van der Waals surface area contributed by atoms with Crippen molar-refractivity contribution in [3.05, 3.63) is 63.5 Å². The highest BCUT2D eigenvalue weighted by Crippen LogP contribution is 2.12. The van der Waals surface area contributed by atoms with Crippen molar-refractivity contribution in [2.45, 2.75) is 6.54 Å². The number of carbonyl (C=O) groups excluding carboxylic acids is 1. The van der Waals surface area contributed by atoms with Gasteiger partial charge in [-0.05, 0) is 52.9 Å². The summed E-state index contributed by atoms with van der Waals surface area (Å²) in [4.78, 5) is 18.7. The minimum absolute atomic E-state index is 0.00350. The molecule has 21 heavy (non-hydrogen) atoms. The van der Waals surface area contributed by atoms with Gasteiger partial charge in [-0.2, -0.15) is 0 Å². The molecule has 0 N–H and O–H groups in total. The first-order valence-electron chi connectivity index (χ1n) is 6.64. The Morgan fingerprint density at radius 3 is 2.81 bits per heavy atom. The number of hydrogen-bond acceptors (Lipinski definition) is 3. The van der Waals surface area contributed by atoms with Crippen molar-refractivity contribution in [3.8, 4) is 0 Å². The minimum atomic E-state index is -0.00350. The van der Waals surface area contributed by atoms with E-state index in [1.165, 1.54) is 0 Å². The smallest absolute Gasteiger partial charge is 0.254 e. The lowest BCUT2D eigenvalue weighted by molar-refractivity contribution is 0.0678. The van der Waals surface area contributed by atoms with Gasteiger partial charge in [-0.1, -0.05) is 12.1 Å². The van der Waals surface area contributed by atoms with E-state index in [2.05, 4.69) is 27.6 Å². The van der Waals surface area contributed by atoms with Gasteiger partial charge in [0.05, 0.1) is 18.8 Å². The zero-order chi connectivity index (χ0) is 15.1. The monoisotopic (exact) mass is 396 g/mol. The summed E-state index contributed by atoms with van der Waals surface area (Å²) in [5.41, 5.74) is 1.56. The van der Waals surface area contributed by atoms with Crippen molar-refractivity contribution >= 4 is 28.5 Å². The first-order chi connectivity index (χ1) is 10.2. The normalized spacial score (nSPS) is 10.4. The maximum Gasteiger partial charge on any atom is 0.254 e. The molecule has 2 rings (SSSR count). The minimum Gasteiger partial charge on any atom is -0.383 e. The Bertz CT molecular complexity index is 590. The third kappa shape index (κ3) is 4.78. The van der Waals surface area contributed by atoms with Crippen LogP contribution in [0, 0.1) is 3.57 Å². The number of hydrogen-bond donors (Lipinski definition) is 0. The number of amides is 1. The van der Waals surface area contributed by atoms with Crippen molar-refractivity contribution in [1.82, 2.24) is 9.88 Å². The van der Waals surface area contributed by atoms with Gasteiger partial charge in [0.1, 0.15) is 0 Å². The van der Waals surface area contributed by atoms with Gasteiger partial charge in [0.15, 0.2) is 0 Å². The molecule has 0 unspecified atom stereocenters. The highest BCUT2D eigenvalue weighted by molar-refractivity contribution is 14.1. The van der Waals surface area contributed by atoms with Crippen LogP contribution in [0.15, 0.2) is 48.7 Å².